The average molecular weight is 406 g/mol. The van der Waals surface area contributed by atoms with Crippen molar-refractivity contribution in [3.05, 3.63) is 41.2 Å². The largest absolute Gasteiger partial charge is 0.353 e. The van der Waals surface area contributed by atoms with E-state index in [0.29, 0.717) is 12.0 Å². The van der Waals surface area contributed by atoms with E-state index < -0.39 is 0 Å². The molecule has 0 aromatic carbocycles. The van der Waals surface area contributed by atoms with Crippen LogP contribution >= 0.6 is 0 Å². The zero-order chi connectivity index (χ0) is 21.6. The van der Waals surface area contributed by atoms with Crippen LogP contribution in [0.2, 0.25) is 0 Å². The first kappa shape index (κ1) is 20.9. The van der Waals surface area contributed by atoms with Gasteiger partial charge in [0.25, 0.3) is 0 Å². The van der Waals surface area contributed by atoms with Crippen LogP contribution < -0.4 is 4.90 Å². The Hall–Kier alpha value is -2.40. The molecule has 3 aromatic rings. The van der Waals surface area contributed by atoms with Crippen LogP contribution in [0.15, 0.2) is 24.4 Å². The third kappa shape index (κ3) is 3.71. The first-order valence-corrected chi connectivity index (χ1v) is 11.2. The fourth-order valence-corrected chi connectivity index (χ4v) is 4.35. The first-order chi connectivity index (χ1) is 14.3. The molecule has 0 amide bonds. The minimum absolute atomic E-state index is 0.407. The minimum Gasteiger partial charge on any atom is -0.353 e. The standard InChI is InChI=1S/C25H35N5/c1-16(2)21-9-8-20(25(26-21)29-12-10-28(7)11-13-29)23-18(5)14-22-24(27-23)19(6)15-30(22)17(3)4/h8-9,14-17H,10-13H2,1-7H3. The SMILES string of the molecule is Cc1cc2c(nc1-c1ccc(C(C)C)nc1N1CCN(C)CC1)c(C)cn2C(C)C. The molecule has 1 saturated heterocycles. The number of likely N-dealkylation sites (N-methyl/N-ethyl adjacent to an activating group) is 1. The first-order valence-electron chi connectivity index (χ1n) is 11.2. The zero-order valence-electron chi connectivity index (χ0n) is 19.5. The zero-order valence-corrected chi connectivity index (χ0v) is 19.5. The molecule has 3 aromatic heterocycles. The van der Waals surface area contributed by atoms with Gasteiger partial charge in [0.1, 0.15) is 5.82 Å². The van der Waals surface area contributed by atoms with Crippen LogP contribution in [0.3, 0.4) is 0 Å². The maximum Gasteiger partial charge on any atom is 0.138 e. The lowest BCUT2D eigenvalue weighted by molar-refractivity contribution is 0.312. The maximum absolute atomic E-state index is 5.19. The highest BCUT2D eigenvalue weighted by Crippen LogP contribution is 2.35. The van der Waals surface area contributed by atoms with Crippen LogP contribution in [-0.4, -0.2) is 52.7 Å². The summed E-state index contributed by atoms with van der Waals surface area (Å²) in [5, 5.41) is 0. The normalized spacial score (nSPS) is 15.7. The van der Waals surface area contributed by atoms with Crippen molar-refractivity contribution < 1.29 is 0 Å². The van der Waals surface area contributed by atoms with Gasteiger partial charge in [-0.15, -0.1) is 0 Å². The van der Waals surface area contributed by atoms with Gasteiger partial charge >= 0.3 is 0 Å². The van der Waals surface area contributed by atoms with Crippen LogP contribution in [0, 0.1) is 13.8 Å². The molecular weight excluding hydrogens is 370 g/mol. The van der Waals surface area contributed by atoms with E-state index in [4.69, 9.17) is 9.97 Å². The second kappa shape index (κ2) is 8.03. The van der Waals surface area contributed by atoms with E-state index in [9.17, 15) is 0 Å². The Kier molecular flexibility index (Phi) is 5.58. The van der Waals surface area contributed by atoms with Crippen molar-refractivity contribution in [2.45, 2.75) is 53.5 Å². The predicted octanol–water partition coefficient (Wildman–Crippen LogP) is 5.17. The van der Waals surface area contributed by atoms with E-state index in [1.54, 1.807) is 0 Å². The summed E-state index contributed by atoms with van der Waals surface area (Å²) in [6.45, 7) is 17.3. The fourth-order valence-electron chi connectivity index (χ4n) is 4.35. The maximum atomic E-state index is 5.19. The number of piperazine rings is 1. The van der Waals surface area contributed by atoms with Gasteiger partial charge in [0.15, 0.2) is 0 Å². The smallest absolute Gasteiger partial charge is 0.138 e. The Morgan fingerprint density at radius 1 is 0.900 bits per heavy atom. The quantitative estimate of drug-likeness (QED) is 0.600. The summed E-state index contributed by atoms with van der Waals surface area (Å²) in [5.41, 5.74) is 8.11. The molecule has 160 valence electrons. The number of rotatable bonds is 4. The highest BCUT2D eigenvalue weighted by Gasteiger charge is 2.23. The summed E-state index contributed by atoms with van der Waals surface area (Å²) in [6, 6.07) is 7.14. The molecule has 1 aliphatic rings. The monoisotopic (exact) mass is 405 g/mol. The average Bonchev–Trinajstić information content (AvgIpc) is 3.03. The van der Waals surface area contributed by atoms with Crippen molar-refractivity contribution in [1.82, 2.24) is 19.4 Å². The number of hydrogen-bond acceptors (Lipinski definition) is 4. The molecule has 4 rings (SSSR count). The number of fused-ring (bicyclic) bond motifs is 1. The Morgan fingerprint density at radius 2 is 1.60 bits per heavy atom. The van der Waals surface area contributed by atoms with Crippen molar-refractivity contribution in [2.24, 2.45) is 0 Å². The van der Waals surface area contributed by atoms with E-state index in [-0.39, 0.29) is 0 Å². The van der Waals surface area contributed by atoms with Gasteiger partial charge in [-0.25, -0.2) is 9.97 Å². The Morgan fingerprint density at radius 3 is 2.23 bits per heavy atom. The summed E-state index contributed by atoms with van der Waals surface area (Å²) < 4.78 is 2.33. The molecule has 1 fully saturated rings. The topological polar surface area (TPSA) is 37.2 Å². The van der Waals surface area contributed by atoms with Crippen molar-refractivity contribution in [3.8, 4) is 11.3 Å². The van der Waals surface area contributed by atoms with E-state index in [2.05, 4.69) is 87.4 Å². The van der Waals surface area contributed by atoms with E-state index in [1.807, 2.05) is 0 Å². The number of aromatic nitrogens is 3. The Bertz CT molecular complexity index is 1060. The summed E-state index contributed by atoms with van der Waals surface area (Å²) >= 11 is 0. The Balaban J connectivity index is 1.88. The van der Waals surface area contributed by atoms with E-state index >= 15 is 0 Å². The summed E-state index contributed by atoms with van der Waals surface area (Å²) in [4.78, 5) is 15.2. The van der Waals surface area contributed by atoms with Gasteiger partial charge in [-0.3, -0.25) is 0 Å². The van der Waals surface area contributed by atoms with Gasteiger partial charge in [-0.05, 0) is 70.0 Å². The van der Waals surface area contributed by atoms with Gasteiger partial charge in [0, 0.05) is 49.7 Å². The molecule has 30 heavy (non-hydrogen) atoms. The molecule has 0 atom stereocenters. The number of anilines is 1. The molecule has 1 aliphatic heterocycles. The molecule has 0 aliphatic carbocycles. The molecule has 0 N–H and O–H groups in total. The van der Waals surface area contributed by atoms with Gasteiger partial charge in [-0.1, -0.05) is 13.8 Å². The fraction of sp³-hybridized carbons (Fsp3) is 0.520. The molecule has 0 saturated carbocycles. The lowest BCUT2D eigenvalue weighted by atomic mass is 10.0. The van der Waals surface area contributed by atoms with Crippen molar-refractivity contribution in [2.75, 3.05) is 38.1 Å². The van der Waals surface area contributed by atoms with Crippen LogP contribution in [-0.2, 0) is 0 Å². The predicted molar refractivity (Wildman–Crippen MR) is 127 cm³/mol. The number of nitrogens with zero attached hydrogens (tertiary/aromatic N) is 5. The van der Waals surface area contributed by atoms with Crippen molar-refractivity contribution in [3.63, 3.8) is 0 Å². The highest BCUT2D eigenvalue weighted by molar-refractivity contribution is 5.86. The molecular formula is C25H35N5. The second-order valence-electron chi connectivity index (χ2n) is 9.39. The van der Waals surface area contributed by atoms with Gasteiger partial charge in [-0.2, -0.15) is 0 Å². The van der Waals surface area contributed by atoms with Gasteiger partial charge < -0.3 is 14.4 Å². The third-order valence-corrected chi connectivity index (χ3v) is 6.28. The summed E-state index contributed by atoms with van der Waals surface area (Å²) in [7, 11) is 2.19. The van der Waals surface area contributed by atoms with Crippen LogP contribution in [0.25, 0.3) is 22.3 Å². The van der Waals surface area contributed by atoms with Crippen molar-refractivity contribution >= 4 is 16.9 Å². The minimum atomic E-state index is 0.407. The van der Waals surface area contributed by atoms with E-state index in [1.165, 1.54) is 16.6 Å². The van der Waals surface area contributed by atoms with Gasteiger partial charge in [0.2, 0.25) is 0 Å². The lowest BCUT2D eigenvalue weighted by Crippen LogP contribution is -2.45. The molecule has 0 spiro atoms. The molecule has 0 unspecified atom stereocenters. The second-order valence-corrected chi connectivity index (χ2v) is 9.39. The van der Waals surface area contributed by atoms with Gasteiger partial charge in [0.05, 0.1) is 16.7 Å². The molecule has 0 radical (unpaired) electrons. The van der Waals surface area contributed by atoms with Crippen LogP contribution in [0.5, 0.6) is 0 Å². The number of pyridine rings is 2. The highest BCUT2D eigenvalue weighted by atomic mass is 15.3. The Labute approximate surface area is 180 Å². The van der Waals surface area contributed by atoms with E-state index in [0.717, 1.165) is 54.5 Å². The van der Waals surface area contributed by atoms with Crippen LogP contribution in [0.1, 0.15) is 56.5 Å². The summed E-state index contributed by atoms with van der Waals surface area (Å²) in [6.07, 6.45) is 2.23. The number of aryl methyl sites for hydroxylation is 2. The molecule has 4 heterocycles. The molecule has 5 heteroatoms. The molecule has 0 bridgehead atoms. The molecule has 5 nitrogen and oxygen atoms in total. The lowest BCUT2D eigenvalue weighted by Gasteiger charge is -2.34. The summed E-state index contributed by atoms with van der Waals surface area (Å²) in [5.74, 6) is 1.49. The number of hydrogen-bond donors (Lipinski definition) is 0. The van der Waals surface area contributed by atoms with Crippen LogP contribution in [0.4, 0.5) is 5.82 Å². The third-order valence-electron chi connectivity index (χ3n) is 6.28. The van der Waals surface area contributed by atoms with Crippen molar-refractivity contribution in [1.29, 1.82) is 0 Å².